The molecule has 164 valence electrons. The summed E-state index contributed by atoms with van der Waals surface area (Å²) in [5.41, 5.74) is 4.43. The van der Waals surface area contributed by atoms with E-state index < -0.39 is 12.0 Å². The molecule has 1 aliphatic rings. The molecule has 8 heteroatoms. The zero-order valence-corrected chi connectivity index (χ0v) is 19.4. The summed E-state index contributed by atoms with van der Waals surface area (Å²) in [5, 5.41) is 9.18. The van der Waals surface area contributed by atoms with Crippen molar-refractivity contribution < 1.29 is 9.53 Å². The highest BCUT2D eigenvalue weighted by atomic mass is 35.5. The maximum atomic E-state index is 12.9. The number of fused-ring (bicyclic) bond motifs is 1. The summed E-state index contributed by atoms with van der Waals surface area (Å²) in [6.45, 7) is 7.66. The topological polar surface area (TPSA) is 69.0 Å². The Labute approximate surface area is 196 Å². The molecule has 0 amide bonds. The minimum atomic E-state index is -0.485. The minimum Gasteiger partial charge on any atom is -0.458 e. The zero-order valence-electron chi connectivity index (χ0n) is 17.8. The van der Waals surface area contributed by atoms with Crippen molar-refractivity contribution in [1.82, 2.24) is 14.8 Å². The van der Waals surface area contributed by atoms with E-state index in [9.17, 15) is 4.79 Å². The molecule has 0 radical (unpaired) electrons. The summed E-state index contributed by atoms with van der Waals surface area (Å²) in [6, 6.07) is 15.2. The van der Waals surface area contributed by atoms with Crippen LogP contribution in [-0.4, -0.2) is 27.3 Å². The molecule has 3 aromatic rings. The monoisotopic (exact) mass is 466 g/mol. The number of carbonyl (C=O) groups is 1. The lowest BCUT2D eigenvalue weighted by Gasteiger charge is -2.28. The van der Waals surface area contributed by atoms with E-state index >= 15 is 0 Å². The highest BCUT2D eigenvalue weighted by Gasteiger charge is 2.35. The number of anilines is 1. The third-order valence-corrected chi connectivity index (χ3v) is 6.18. The molecule has 0 fully saturated rings. The molecule has 6 nitrogen and oxygen atoms in total. The average molecular weight is 467 g/mol. The van der Waals surface area contributed by atoms with E-state index in [-0.39, 0.29) is 6.61 Å². The minimum absolute atomic E-state index is 0.130. The standard InChI is InChI=1S/C24H23ClN4O2S/c1-4-12-31-22(30)20-16(3)26-23-27-24(32-14-17-7-5-6-15(2)13-17)28-29(23)21(20)18-8-10-19(25)11-9-18/h4-11,13,21H,1,12,14H2,2-3H3,(H,26,27,28)/t21-/m1/s1. The summed E-state index contributed by atoms with van der Waals surface area (Å²) >= 11 is 7.64. The van der Waals surface area contributed by atoms with Gasteiger partial charge < -0.3 is 10.1 Å². The van der Waals surface area contributed by atoms with Crippen LogP contribution in [0, 0.1) is 6.92 Å². The van der Waals surface area contributed by atoms with Gasteiger partial charge in [-0.3, -0.25) is 0 Å². The molecule has 1 N–H and O–H groups in total. The van der Waals surface area contributed by atoms with Crippen molar-refractivity contribution in [1.29, 1.82) is 0 Å². The molecular formula is C24H23ClN4O2S. The Hall–Kier alpha value is -3.03. The maximum Gasteiger partial charge on any atom is 0.338 e. The molecule has 2 aromatic carbocycles. The molecule has 0 saturated heterocycles. The number of halogens is 1. The fraction of sp³-hybridized carbons (Fsp3) is 0.208. The van der Waals surface area contributed by atoms with E-state index in [0.29, 0.717) is 27.4 Å². The van der Waals surface area contributed by atoms with Gasteiger partial charge in [-0.15, -0.1) is 5.10 Å². The van der Waals surface area contributed by atoms with Crippen molar-refractivity contribution in [2.45, 2.75) is 30.8 Å². The number of carbonyl (C=O) groups excluding carboxylic acids is 1. The van der Waals surface area contributed by atoms with Crippen LogP contribution in [0.1, 0.15) is 29.7 Å². The third kappa shape index (κ3) is 4.74. The first-order valence-electron chi connectivity index (χ1n) is 10.1. The van der Waals surface area contributed by atoms with E-state index in [1.807, 2.05) is 25.1 Å². The predicted octanol–water partition coefficient (Wildman–Crippen LogP) is 5.55. The van der Waals surface area contributed by atoms with Crippen molar-refractivity contribution in [3.63, 3.8) is 0 Å². The number of esters is 1. The van der Waals surface area contributed by atoms with Gasteiger partial charge in [0.15, 0.2) is 0 Å². The highest BCUT2D eigenvalue weighted by molar-refractivity contribution is 7.98. The number of hydrogen-bond donors (Lipinski definition) is 1. The average Bonchev–Trinajstić information content (AvgIpc) is 3.18. The second kappa shape index (κ2) is 9.63. The van der Waals surface area contributed by atoms with Gasteiger partial charge in [0, 0.05) is 16.5 Å². The van der Waals surface area contributed by atoms with Gasteiger partial charge >= 0.3 is 5.97 Å². The number of aryl methyl sites for hydroxylation is 1. The second-order valence-corrected chi connectivity index (χ2v) is 8.82. The van der Waals surface area contributed by atoms with Crippen molar-refractivity contribution >= 4 is 35.3 Å². The number of rotatable bonds is 7. The van der Waals surface area contributed by atoms with Gasteiger partial charge in [-0.1, -0.05) is 78.0 Å². The van der Waals surface area contributed by atoms with E-state index in [1.54, 1.807) is 34.7 Å². The number of ether oxygens (including phenoxy) is 1. The Bertz CT molecular complexity index is 1190. The first kappa shape index (κ1) is 22.2. The molecule has 0 aliphatic carbocycles. The first-order valence-corrected chi connectivity index (χ1v) is 11.5. The van der Waals surface area contributed by atoms with Crippen LogP contribution in [0.5, 0.6) is 0 Å². The van der Waals surface area contributed by atoms with Crippen LogP contribution in [0.15, 0.2) is 77.6 Å². The summed E-state index contributed by atoms with van der Waals surface area (Å²) in [6.07, 6.45) is 1.54. The van der Waals surface area contributed by atoms with Crippen molar-refractivity contribution in [2.24, 2.45) is 0 Å². The highest BCUT2D eigenvalue weighted by Crippen LogP contribution is 2.37. The van der Waals surface area contributed by atoms with Gasteiger partial charge in [0.25, 0.3) is 0 Å². The van der Waals surface area contributed by atoms with Crippen LogP contribution in [0.3, 0.4) is 0 Å². The van der Waals surface area contributed by atoms with E-state index in [4.69, 9.17) is 21.4 Å². The number of thioether (sulfide) groups is 1. The van der Waals surface area contributed by atoms with Crippen LogP contribution < -0.4 is 5.32 Å². The van der Waals surface area contributed by atoms with Gasteiger partial charge in [-0.2, -0.15) is 4.98 Å². The van der Waals surface area contributed by atoms with Crippen LogP contribution >= 0.6 is 23.4 Å². The van der Waals surface area contributed by atoms with Gasteiger partial charge in [-0.05, 0) is 37.1 Å². The molecule has 0 saturated carbocycles. The number of nitrogens with zero attached hydrogens (tertiary/aromatic N) is 3. The molecule has 1 aliphatic heterocycles. The Morgan fingerprint density at radius 3 is 2.78 bits per heavy atom. The Morgan fingerprint density at radius 1 is 1.28 bits per heavy atom. The number of hydrogen-bond acceptors (Lipinski definition) is 6. The van der Waals surface area contributed by atoms with Gasteiger partial charge in [0.2, 0.25) is 11.1 Å². The van der Waals surface area contributed by atoms with Crippen LogP contribution in [-0.2, 0) is 15.3 Å². The summed E-state index contributed by atoms with van der Waals surface area (Å²) in [5.74, 6) is 0.900. The zero-order chi connectivity index (χ0) is 22.7. The normalized spacial score (nSPS) is 15.2. The predicted molar refractivity (Wildman–Crippen MR) is 128 cm³/mol. The first-order chi connectivity index (χ1) is 15.5. The fourth-order valence-corrected chi connectivity index (χ4v) is 4.47. The lowest BCUT2D eigenvalue weighted by atomic mass is 9.96. The van der Waals surface area contributed by atoms with E-state index in [1.165, 1.54) is 11.1 Å². The van der Waals surface area contributed by atoms with E-state index in [2.05, 4.69) is 42.0 Å². The maximum absolute atomic E-state index is 12.9. The molecule has 0 spiro atoms. The molecule has 32 heavy (non-hydrogen) atoms. The number of aromatic nitrogens is 3. The summed E-state index contributed by atoms with van der Waals surface area (Å²) in [7, 11) is 0. The molecule has 0 unspecified atom stereocenters. The molecule has 2 heterocycles. The quantitative estimate of drug-likeness (QED) is 0.279. The van der Waals surface area contributed by atoms with E-state index in [0.717, 1.165) is 11.3 Å². The summed E-state index contributed by atoms with van der Waals surface area (Å²) < 4.78 is 7.10. The second-order valence-electron chi connectivity index (χ2n) is 7.45. The van der Waals surface area contributed by atoms with Gasteiger partial charge in [0.05, 0.1) is 5.57 Å². The Kier molecular flexibility index (Phi) is 6.67. The summed E-state index contributed by atoms with van der Waals surface area (Å²) in [4.78, 5) is 17.6. The third-order valence-electron chi connectivity index (χ3n) is 5.02. The molecule has 4 rings (SSSR count). The number of benzene rings is 2. The lowest BCUT2D eigenvalue weighted by Crippen LogP contribution is -2.29. The Balaban J connectivity index is 1.68. The van der Waals surface area contributed by atoms with Crippen LogP contribution in [0.4, 0.5) is 5.95 Å². The number of nitrogens with one attached hydrogen (secondary N) is 1. The van der Waals surface area contributed by atoms with Crippen LogP contribution in [0.25, 0.3) is 0 Å². The lowest BCUT2D eigenvalue weighted by molar-refractivity contribution is -0.138. The van der Waals surface area contributed by atoms with Crippen molar-refractivity contribution in [3.8, 4) is 0 Å². The molecular weight excluding hydrogens is 444 g/mol. The van der Waals surface area contributed by atoms with Gasteiger partial charge in [-0.25, -0.2) is 9.48 Å². The number of allylic oxidation sites excluding steroid dienone is 1. The van der Waals surface area contributed by atoms with Crippen LogP contribution in [0.2, 0.25) is 5.02 Å². The molecule has 0 bridgehead atoms. The molecule has 1 aromatic heterocycles. The fourth-order valence-electron chi connectivity index (χ4n) is 3.57. The largest absolute Gasteiger partial charge is 0.458 e. The Morgan fingerprint density at radius 2 is 2.06 bits per heavy atom. The van der Waals surface area contributed by atoms with Gasteiger partial charge in [0.1, 0.15) is 12.6 Å². The molecule has 1 atom stereocenters. The smallest absolute Gasteiger partial charge is 0.338 e. The van der Waals surface area contributed by atoms with Crippen molar-refractivity contribution in [2.75, 3.05) is 11.9 Å². The SMILES string of the molecule is C=CCOC(=O)C1=C(C)Nc2nc(SCc3cccc(C)c3)nn2[C@@H]1c1ccc(Cl)cc1. The van der Waals surface area contributed by atoms with Crippen molar-refractivity contribution in [3.05, 3.63) is 94.2 Å².